The van der Waals surface area contributed by atoms with Gasteiger partial charge in [-0.2, -0.15) is 0 Å². The Labute approximate surface area is 90.7 Å². The SMILES string of the molecule is CCNC(=O)CCNS(=O)(=O)C(C)CN. The van der Waals surface area contributed by atoms with E-state index in [0.29, 0.717) is 6.54 Å². The van der Waals surface area contributed by atoms with Crippen LogP contribution in [0.2, 0.25) is 0 Å². The Morgan fingerprint density at radius 2 is 2.07 bits per heavy atom. The van der Waals surface area contributed by atoms with Crippen molar-refractivity contribution in [2.24, 2.45) is 5.73 Å². The molecule has 0 fully saturated rings. The number of sulfonamides is 1. The first-order valence-corrected chi connectivity index (χ1v) is 6.44. The third-order valence-electron chi connectivity index (χ3n) is 1.89. The topological polar surface area (TPSA) is 101 Å². The molecular weight excluding hydrogens is 218 g/mol. The van der Waals surface area contributed by atoms with Crippen molar-refractivity contribution in [3.8, 4) is 0 Å². The number of nitrogens with one attached hydrogen (secondary N) is 2. The van der Waals surface area contributed by atoms with Gasteiger partial charge in [0.25, 0.3) is 0 Å². The molecule has 0 aromatic carbocycles. The summed E-state index contributed by atoms with van der Waals surface area (Å²) in [6.45, 7) is 4.05. The van der Waals surface area contributed by atoms with Gasteiger partial charge in [-0.3, -0.25) is 4.79 Å². The van der Waals surface area contributed by atoms with Crippen LogP contribution in [-0.4, -0.2) is 39.2 Å². The molecule has 0 aliphatic rings. The molecule has 0 aromatic heterocycles. The van der Waals surface area contributed by atoms with Crippen molar-refractivity contribution in [3.63, 3.8) is 0 Å². The summed E-state index contributed by atoms with van der Waals surface area (Å²) in [5, 5.41) is 1.94. The second-order valence-corrected chi connectivity index (χ2v) is 5.37. The predicted octanol–water partition coefficient (Wildman–Crippen LogP) is -1.22. The number of nitrogens with two attached hydrogens (primary N) is 1. The van der Waals surface area contributed by atoms with Crippen LogP contribution in [0.3, 0.4) is 0 Å². The molecule has 15 heavy (non-hydrogen) atoms. The Balaban J connectivity index is 3.91. The predicted molar refractivity (Wildman–Crippen MR) is 58.7 cm³/mol. The normalized spacial score (nSPS) is 13.5. The maximum atomic E-state index is 11.4. The van der Waals surface area contributed by atoms with Gasteiger partial charge in [-0.25, -0.2) is 13.1 Å². The van der Waals surface area contributed by atoms with Crippen LogP contribution in [0.15, 0.2) is 0 Å². The Morgan fingerprint density at radius 3 is 2.53 bits per heavy atom. The molecule has 7 heteroatoms. The van der Waals surface area contributed by atoms with Crippen molar-refractivity contribution >= 4 is 15.9 Å². The molecule has 1 amide bonds. The van der Waals surface area contributed by atoms with Gasteiger partial charge in [0.2, 0.25) is 15.9 Å². The third-order valence-corrected chi connectivity index (χ3v) is 3.75. The molecule has 1 atom stereocenters. The van der Waals surface area contributed by atoms with E-state index in [9.17, 15) is 13.2 Å². The lowest BCUT2D eigenvalue weighted by atomic mass is 10.4. The zero-order valence-electron chi connectivity index (χ0n) is 9.12. The van der Waals surface area contributed by atoms with E-state index in [4.69, 9.17) is 5.73 Å². The first kappa shape index (κ1) is 14.3. The van der Waals surface area contributed by atoms with Gasteiger partial charge in [0.05, 0.1) is 5.25 Å². The van der Waals surface area contributed by atoms with E-state index in [1.54, 1.807) is 6.92 Å². The van der Waals surface area contributed by atoms with Gasteiger partial charge in [-0.15, -0.1) is 0 Å². The molecule has 1 unspecified atom stereocenters. The average molecular weight is 237 g/mol. The maximum absolute atomic E-state index is 11.4. The fourth-order valence-electron chi connectivity index (χ4n) is 0.861. The van der Waals surface area contributed by atoms with Crippen LogP contribution in [0.4, 0.5) is 0 Å². The number of rotatable bonds is 7. The molecule has 0 bridgehead atoms. The lowest BCUT2D eigenvalue weighted by Crippen LogP contribution is -2.38. The molecule has 0 saturated carbocycles. The summed E-state index contributed by atoms with van der Waals surface area (Å²) in [6.07, 6.45) is 0.143. The van der Waals surface area contributed by atoms with Gasteiger partial charge < -0.3 is 11.1 Å². The molecule has 0 radical (unpaired) electrons. The molecule has 0 spiro atoms. The zero-order valence-corrected chi connectivity index (χ0v) is 9.93. The number of hydrogen-bond acceptors (Lipinski definition) is 4. The molecule has 4 N–H and O–H groups in total. The number of hydrogen-bond donors (Lipinski definition) is 3. The highest BCUT2D eigenvalue weighted by Crippen LogP contribution is 1.95. The van der Waals surface area contributed by atoms with Crippen molar-refractivity contribution in [3.05, 3.63) is 0 Å². The molecule has 0 aliphatic carbocycles. The maximum Gasteiger partial charge on any atom is 0.221 e. The minimum Gasteiger partial charge on any atom is -0.356 e. The smallest absolute Gasteiger partial charge is 0.221 e. The van der Waals surface area contributed by atoms with Crippen LogP contribution in [0, 0.1) is 0 Å². The highest BCUT2D eigenvalue weighted by atomic mass is 32.2. The summed E-state index contributed by atoms with van der Waals surface area (Å²) in [5.41, 5.74) is 5.24. The Morgan fingerprint density at radius 1 is 1.47 bits per heavy atom. The third kappa shape index (κ3) is 5.71. The lowest BCUT2D eigenvalue weighted by molar-refractivity contribution is -0.120. The van der Waals surface area contributed by atoms with Crippen molar-refractivity contribution in [2.75, 3.05) is 19.6 Å². The first-order chi connectivity index (χ1) is 6.94. The highest BCUT2D eigenvalue weighted by molar-refractivity contribution is 7.90. The molecule has 0 heterocycles. The van der Waals surface area contributed by atoms with Gasteiger partial charge >= 0.3 is 0 Å². The average Bonchev–Trinajstić information content (AvgIpc) is 2.16. The standard InChI is InChI=1S/C8H19N3O3S/c1-3-10-8(12)4-5-11-15(13,14)7(2)6-9/h7,11H,3-6,9H2,1-2H3,(H,10,12). The Kier molecular flexibility index (Phi) is 6.46. The van der Waals surface area contributed by atoms with E-state index < -0.39 is 15.3 Å². The van der Waals surface area contributed by atoms with Crippen molar-refractivity contribution in [1.82, 2.24) is 10.0 Å². The van der Waals surface area contributed by atoms with Gasteiger partial charge in [0.1, 0.15) is 0 Å². The first-order valence-electron chi connectivity index (χ1n) is 4.89. The Hall–Kier alpha value is -0.660. The fourth-order valence-corrected chi connectivity index (χ4v) is 1.79. The summed E-state index contributed by atoms with van der Waals surface area (Å²) in [4.78, 5) is 11.0. The summed E-state index contributed by atoms with van der Waals surface area (Å²) < 4.78 is 25.1. The summed E-state index contributed by atoms with van der Waals surface area (Å²) >= 11 is 0. The van der Waals surface area contributed by atoms with E-state index >= 15 is 0 Å². The van der Waals surface area contributed by atoms with E-state index in [-0.39, 0.29) is 25.4 Å². The van der Waals surface area contributed by atoms with E-state index in [1.807, 2.05) is 0 Å². The van der Waals surface area contributed by atoms with E-state index in [1.165, 1.54) is 6.92 Å². The van der Waals surface area contributed by atoms with Crippen molar-refractivity contribution < 1.29 is 13.2 Å². The van der Waals surface area contributed by atoms with Crippen LogP contribution in [0.1, 0.15) is 20.3 Å². The minimum atomic E-state index is -3.38. The molecule has 90 valence electrons. The summed E-state index contributed by atoms with van der Waals surface area (Å²) in [6, 6.07) is 0. The number of carbonyl (C=O) groups excluding carboxylic acids is 1. The van der Waals surface area contributed by atoms with Gasteiger partial charge in [-0.05, 0) is 13.8 Å². The molecule has 0 saturated heterocycles. The highest BCUT2D eigenvalue weighted by Gasteiger charge is 2.18. The van der Waals surface area contributed by atoms with E-state index in [2.05, 4.69) is 10.0 Å². The van der Waals surface area contributed by atoms with Gasteiger partial charge in [0.15, 0.2) is 0 Å². The monoisotopic (exact) mass is 237 g/mol. The minimum absolute atomic E-state index is 0.0660. The quantitative estimate of drug-likeness (QED) is 0.516. The van der Waals surface area contributed by atoms with Crippen molar-refractivity contribution in [1.29, 1.82) is 0 Å². The summed E-state index contributed by atoms with van der Waals surface area (Å²) in [5.74, 6) is -0.166. The molecule has 0 rings (SSSR count). The van der Waals surface area contributed by atoms with E-state index in [0.717, 1.165) is 0 Å². The largest absolute Gasteiger partial charge is 0.356 e. The molecule has 6 nitrogen and oxygen atoms in total. The van der Waals surface area contributed by atoms with Crippen LogP contribution in [0.5, 0.6) is 0 Å². The lowest BCUT2D eigenvalue weighted by Gasteiger charge is -2.11. The fraction of sp³-hybridized carbons (Fsp3) is 0.875. The van der Waals surface area contributed by atoms with Crippen LogP contribution >= 0.6 is 0 Å². The second-order valence-electron chi connectivity index (χ2n) is 3.19. The van der Waals surface area contributed by atoms with Gasteiger partial charge in [0, 0.05) is 26.1 Å². The molecule has 0 aromatic rings. The molecule has 0 aliphatic heterocycles. The van der Waals surface area contributed by atoms with Crippen molar-refractivity contribution in [2.45, 2.75) is 25.5 Å². The van der Waals surface area contributed by atoms with Gasteiger partial charge in [-0.1, -0.05) is 0 Å². The summed E-state index contributed by atoms with van der Waals surface area (Å²) in [7, 11) is -3.38. The number of amides is 1. The zero-order chi connectivity index (χ0) is 11.9. The molecular formula is C8H19N3O3S. The Bertz CT molecular complexity index is 290. The van der Waals surface area contributed by atoms with Crippen LogP contribution < -0.4 is 15.8 Å². The second kappa shape index (κ2) is 6.76. The van der Waals surface area contributed by atoms with Crippen LogP contribution in [-0.2, 0) is 14.8 Å². The van der Waals surface area contributed by atoms with Crippen LogP contribution in [0.25, 0.3) is 0 Å². The number of carbonyl (C=O) groups is 1.